The molecule has 1 amide bonds. The van der Waals surface area contributed by atoms with Gasteiger partial charge < -0.3 is 4.90 Å². The van der Waals surface area contributed by atoms with E-state index in [1.807, 2.05) is 17.0 Å². The topological polar surface area (TPSA) is 66.5 Å². The molecule has 0 saturated carbocycles. The third-order valence-corrected chi connectivity index (χ3v) is 6.83. The van der Waals surface area contributed by atoms with Crippen molar-refractivity contribution in [3.63, 3.8) is 0 Å². The van der Waals surface area contributed by atoms with Gasteiger partial charge in [-0.2, -0.15) is 0 Å². The minimum absolute atomic E-state index is 0.204. The standard InChI is InChI=1S/C17H20N2O3S2/c20-16(19-11-1-2-12-19)10-7-14-5-8-15(9-6-14)18-24(21,22)17-4-3-13-23-17/h3-6,8-9,13,18H,1-2,7,10-12H2. The second kappa shape index (κ2) is 7.36. The summed E-state index contributed by atoms with van der Waals surface area (Å²) in [4.78, 5) is 14.0. The molecular weight excluding hydrogens is 344 g/mol. The van der Waals surface area contributed by atoms with E-state index in [9.17, 15) is 13.2 Å². The SMILES string of the molecule is O=C(CCc1ccc(NS(=O)(=O)c2cccs2)cc1)N1CCCC1. The van der Waals surface area contributed by atoms with Gasteiger partial charge in [0, 0.05) is 25.2 Å². The largest absolute Gasteiger partial charge is 0.343 e. The van der Waals surface area contributed by atoms with Crippen molar-refractivity contribution in [1.29, 1.82) is 0 Å². The summed E-state index contributed by atoms with van der Waals surface area (Å²) in [7, 11) is -3.51. The first-order chi connectivity index (χ1) is 11.5. The molecule has 1 aliphatic heterocycles. The maximum absolute atomic E-state index is 12.2. The van der Waals surface area contributed by atoms with Crippen molar-refractivity contribution < 1.29 is 13.2 Å². The second-order valence-electron chi connectivity index (χ2n) is 5.82. The van der Waals surface area contributed by atoms with Gasteiger partial charge >= 0.3 is 0 Å². The average molecular weight is 364 g/mol. The Morgan fingerprint density at radius 2 is 1.83 bits per heavy atom. The highest BCUT2D eigenvalue weighted by atomic mass is 32.2. The third-order valence-electron chi connectivity index (χ3n) is 4.05. The number of carbonyl (C=O) groups is 1. The number of rotatable bonds is 6. The highest BCUT2D eigenvalue weighted by Gasteiger charge is 2.17. The molecule has 1 aliphatic rings. The fourth-order valence-electron chi connectivity index (χ4n) is 2.74. The molecule has 3 rings (SSSR count). The van der Waals surface area contributed by atoms with Crippen molar-refractivity contribution in [3.8, 4) is 0 Å². The molecule has 1 saturated heterocycles. The fourth-order valence-corrected chi connectivity index (χ4v) is 4.79. The van der Waals surface area contributed by atoms with Crippen molar-refractivity contribution in [2.45, 2.75) is 29.9 Å². The van der Waals surface area contributed by atoms with Crippen molar-refractivity contribution in [2.75, 3.05) is 17.8 Å². The highest BCUT2D eigenvalue weighted by molar-refractivity contribution is 7.94. The van der Waals surface area contributed by atoms with Gasteiger partial charge in [-0.25, -0.2) is 8.42 Å². The molecule has 5 nitrogen and oxygen atoms in total. The molecular formula is C17H20N2O3S2. The molecule has 128 valence electrons. The summed E-state index contributed by atoms with van der Waals surface area (Å²) in [5.41, 5.74) is 1.56. The summed E-state index contributed by atoms with van der Waals surface area (Å²) in [6.45, 7) is 1.75. The lowest BCUT2D eigenvalue weighted by Crippen LogP contribution is -2.27. The van der Waals surface area contributed by atoms with Crippen LogP contribution in [0.4, 0.5) is 5.69 Å². The molecule has 7 heteroatoms. The van der Waals surface area contributed by atoms with E-state index in [0.29, 0.717) is 22.7 Å². The first kappa shape index (κ1) is 17.0. The van der Waals surface area contributed by atoms with E-state index in [1.165, 1.54) is 11.3 Å². The maximum atomic E-state index is 12.2. The van der Waals surface area contributed by atoms with Crippen molar-refractivity contribution in [3.05, 3.63) is 47.3 Å². The lowest BCUT2D eigenvalue weighted by Gasteiger charge is -2.15. The molecule has 1 aromatic carbocycles. The van der Waals surface area contributed by atoms with E-state index in [1.54, 1.807) is 29.6 Å². The zero-order valence-corrected chi connectivity index (χ0v) is 14.9. The predicted molar refractivity (Wildman–Crippen MR) is 95.7 cm³/mol. The fraction of sp³-hybridized carbons (Fsp3) is 0.353. The Kier molecular flexibility index (Phi) is 5.20. The van der Waals surface area contributed by atoms with Crippen LogP contribution in [0.25, 0.3) is 0 Å². The Hall–Kier alpha value is -1.86. The Morgan fingerprint density at radius 1 is 1.12 bits per heavy atom. The maximum Gasteiger partial charge on any atom is 0.271 e. The Bertz CT molecular complexity index is 778. The number of likely N-dealkylation sites (tertiary alicyclic amines) is 1. The number of hydrogen-bond donors (Lipinski definition) is 1. The van der Waals surface area contributed by atoms with Crippen LogP contribution < -0.4 is 4.72 Å². The number of hydrogen-bond acceptors (Lipinski definition) is 4. The van der Waals surface area contributed by atoms with Crippen LogP contribution in [0.1, 0.15) is 24.8 Å². The summed E-state index contributed by atoms with van der Waals surface area (Å²) in [5, 5.41) is 1.73. The van der Waals surface area contributed by atoms with Crippen LogP contribution in [0, 0.1) is 0 Å². The molecule has 2 heterocycles. The van der Waals surface area contributed by atoms with Crippen LogP contribution in [0.2, 0.25) is 0 Å². The number of aryl methyl sites for hydroxylation is 1. The molecule has 0 aliphatic carbocycles. The zero-order valence-electron chi connectivity index (χ0n) is 13.3. The molecule has 24 heavy (non-hydrogen) atoms. The van der Waals surface area contributed by atoms with Gasteiger partial charge in [-0.05, 0) is 48.4 Å². The second-order valence-corrected chi connectivity index (χ2v) is 8.68. The molecule has 0 unspecified atom stereocenters. The molecule has 0 radical (unpaired) electrons. The summed E-state index contributed by atoms with van der Waals surface area (Å²) in [6.07, 6.45) is 3.38. The minimum Gasteiger partial charge on any atom is -0.343 e. The Labute approximate surface area is 146 Å². The monoisotopic (exact) mass is 364 g/mol. The zero-order chi connectivity index (χ0) is 17.0. The lowest BCUT2D eigenvalue weighted by atomic mass is 10.1. The Morgan fingerprint density at radius 3 is 2.46 bits per heavy atom. The summed E-state index contributed by atoms with van der Waals surface area (Å²) in [5.74, 6) is 0.204. The van der Waals surface area contributed by atoms with E-state index in [2.05, 4.69) is 4.72 Å². The minimum atomic E-state index is -3.51. The van der Waals surface area contributed by atoms with Crippen molar-refractivity contribution >= 4 is 33.0 Å². The van der Waals surface area contributed by atoms with Gasteiger partial charge in [-0.3, -0.25) is 9.52 Å². The summed E-state index contributed by atoms with van der Waals surface area (Å²) < 4.78 is 27.2. The van der Waals surface area contributed by atoms with E-state index < -0.39 is 10.0 Å². The molecule has 1 N–H and O–H groups in total. The normalized spacial score (nSPS) is 14.8. The number of thiophene rings is 1. The number of sulfonamides is 1. The molecule has 0 bridgehead atoms. The molecule has 2 aromatic rings. The van der Waals surface area contributed by atoms with Crippen LogP contribution in [-0.2, 0) is 21.2 Å². The van der Waals surface area contributed by atoms with Crippen LogP contribution >= 0.6 is 11.3 Å². The Balaban J connectivity index is 1.56. The molecule has 1 fully saturated rings. The predicted octanol–water partition coefficient (Wildman–Crippen LogP) is 3.10. The van der Waals surface area contributed by atoms with Crippen molar-refractivity contribution in [1.82, 2.24) is 4.90 Å². The number of carbonyl (C=O) groups excluding carboxylic acids is 1. The van der Waals surface area contributed by atoms with Crippen molar-refractivity contribution in [2.24, 2.45) is 0 Å². The number of anilines is 1. The van der Waals surface area contributed by atoms with Gasteiger partial charge in [0.15, 0.2) is 0 Å². The van der Waals surface area contributed by atoms with Crippen LogP contribution in [0.5, 0.6) is 0 Å². The van der Waals surface area contributed by atoms with Crippen LogP contribution in [0.3, 0.4) is 0 Å². The highest BCUT2D eigenvalue weighted by Crippen LogP contribution is 2.21. The molecule has 1 aromatic heterocycles. The molecule has 0 atom stereocenters. The van der Waals surface area contributed by atoms with Gasteiger partial charge in [0.2, 0.25) is 5.91 Å². The van der Waals surface area contributed by atoms with Gasteiger partial charge in [-0.1, -0.05) is 18.2 Å². The summed E-state index contributed by atoms with van der Waals surface area (Å²) >= 11 is 1.18. The van der Waals surface area contributed by atoms with E-state index in [-0.39, 0.29) is 5.91 Å². The first-order valence-electron chi connectivity index (χ1n) is 7.98. The average Bonchev–Trinajstić information content (AvgIpc) is 3.27. The number of nitrogens with zero attached hydrogens (tertiary/aromatic N) is 1. The smallest absolute Gasteiger partial charge is 0.271 e. The van der Waals surface area contributed by atoms with Gasteiger partial charge in [0.1, 0.15) is 4.21 Å². The van der Waals surface area contributed by atoms with E-state index >= 15 is 0 Å². The molecule has 0 spiro atoms. The number of nitrogens with one attached hydrogen (secondary N) is 1. The van der Waals surface area contributed by atoms with Gasteiger partial charge in [0.25, 0.3) is 10.0 Å². The van der Waals surface area contributed by atoms with Crippen LogP contribution in [0.15, 0.2) is 46.0 Å². The lowest BCUT2D eigenvalue weighted by molar-refractivity contribution is -0.130. The van der Waals surface area contributed by atoms with E-state index in [0.717, 1.165) is 31.5 Å². The quantitative estimate of drug-likeness (QED) is 0.856. The van der Waals surface area contributed by atoms with Gasteiger partial charge in [-0.15, -0.1) is 11.3 Å². The van der Waals surface area contributed by atoms with E-state index in [4.69, 9.17) is 0 Å². The van der Waals surface area contributed by atoms with Gasteiger partial charge in [0.05, 0.1) is 0 Å². The number of benzene rings is 1. The van der Waals surface area contributed by atoms with Crippen LogP contribution in [-0.4, -0.2) is 32.3 Å². The summed E-state index contributed by atoms with van der Waals surface area (Å²) in [6, 6.07) is 10.5. The third kappa shape index (κ3) is 4.15. The number of amides is 1. The first-order valence-corrected chi connectivity index (χ1v) is 10.3.